The third kappa shape index (κ3) is 4.32. The van der Waals surface area contributed by atoms with Crippen LogP contribution in [0.2, 0.25) is 0 Å². The second kappa shape index (κ2) is 8.24. The van der Waals surface area contributed by atoms with Crippen LogP contribution in [0.5, 0.6) is 5.75 Å². The van der Waals surface area contributed by atoms with Crippen molar-refractivity contribution in [1.29, 1.82) is 0 Å². The van der Waals surface area contributed by atoms with E-state index in [0.717, 1.165) is 22.7 Å². The van der Waals surface area contributed by atoms with Gasteiger partial charge in [-0.1, -0.05) is 55.7 Å². The van der Waals surface area contributed by atoms with Gasteiger partial charge in [-0.2, -0.15) is 0 Å². The van der Waals surface area contributed by atoms with Gasteiger partial charge in [0.15, 0.2) is 6.61 Å². The summed E-state index contributed by atoms with van der Waals surface area (Å²) >= 11 is 1.49. The maximum absolute atomic E-state index is 12.1. The molecule has 1 aliphatic rings. The molecule has 128 valence electrons. The molecule has 6 heteroatoms. The summed E-state index contributed by atoms with van der Waals surface area (Å²) < 4.78 is 5.63. The summed E-state index contributed by atoms with van der Waals surface area (Å²) in [7, 11) is 0. The highest BCUT2D eigenvalue weighted by atomic mass is 32.1. The molecule has 0 radical (unpaired) electrons. The van der Waals surface area contributed by atoms with Gasteiger partial charge in [-0.15, -0.1) is 10.2 Å². The Labute approximate surface area is 146 Å². The lowest BCUT2D eigenvalue weighted by Gasteiger charge is -2.18. The first kappa shape index (κ1) is 16.9. The zero-order chi connectivity index (χ0) is 16.8. The zero-order valence-corrected chi connectivity index (χ0v) is 14.8. The number of hydrogen-bond donors (Lipinski definition) is 1. The van der Waals surface area contributed by atoms with Gasteiger partial charge in [0, 0.05) is 5.92 Å². The summed E-state index contributed by atoms with van der Waals surface area (Å²) in [5.74, 6) is 1.07. The third-order valence-electron chi connectivity index (χ3n) is 4.35. The van der Waals surface area contributed by atoms with Gasteiger partial charge in [0.2, 0.25) is 5.13 Å². The molecule has 3 rings (SSSR count). The number of aromatic nitrogens is 2. The Morgan fingerprint density at radius 1 is 1.25 bits per heavy atom. The topological polar surface area (TPSA) is 64.1 Å². The molecule has 1 aromatic carbocycles. The standard InChI is InChI=1S/C18H23N3O2S/c1-2-13-8-6-7-11-15(13)23-12-16(22)19-18-21-20-17(24-18)14-9-4-3-5-10-14/h6-8,11,14H,2-5,9-10,12H2,1H3,(H,19,21,22). The smallest absolute Gasteiger partial charge is 0.264 e. The highest BCUT2D eigenvalue weighted by molar-refractivity contribution is 7.15. The number of ether oxygens (including phenoxy) is 1. The summed E-state index contributed by atoms with van der Waals surface area (Å²) in [5.41, 5.74) is 1.10. The molecular weight excluding hydrogens is 322 g/mol. The molecule has 5 nitrogen and oxygen atoms in total. The minimum absolute atomic E-state index is 0.0185. The fourth-order valence-corrected chi connectivity index (χ4v) is 3.96. The van der Waals surface area contributed by atoms with Crippen molar-refractivity contribution in [1.82, 2.24) is 10.2 Å². The van der Waals surface area contributed by atoms with Gasteiger partial charge in [0.25, 0.3) is 5.91 Å². The monoisotopic (exact) mass is 345 g/mol. The van der Waals surface area contributed by atoms with E-state index in [-0.39, 0.29) is 12.5 Å². The third-order valence-corrected chi connectivity index (χ3v) is 5.35. The molecule has 0 unspecified atom stereocenters. The normalized spacial score (nSPS) is 15.2. The van der Waals surface area contributed by atoms with Gasteiger partial charge in [-0.3, -0.25) is 10.1 Å². The number of aryl methyl sites for hydroxylation is 1. The summed E-state index contributed by atoms with van der Waals surface area (Å²) in [5, 5.41) is 12.7. The molecule has 1 N–H and O–H groups in total. The van der Waals surface area contributed by atoms with E-state index in [9.17, 15) is 4.79 Å². The molecule has 0 bridgehead atoms. The molecule has 1 fully saturated rings. The second-order valence-corrected chi connectivity index (χ2v) is 7.09. The summed E-state index contributed by atoms with van der Waals surface area (Å²) in [6.45, 7) is 2.05. The van der Waals surface area contributed by atoms with Gasteiger partial charge >= 0.3 is 0 Å². The molecule has 0 atom stereocenters. The number of benzene rings is 1. The van der Waals surface area contributed by atoms with E-state index in [1.807, 2.05) is 24.3 Å². The lowest BCUT2D eigenvalue weighted by atomic mass is 9.90. The van der Waals surface area contributed by atoms with Crippen molar-refractivity contribution in [3.63, 3.8) is 0 Å². The number of nitrogens with zero attached hydrogens (tertiary/aromatic N) is 2. The Hall–Kier alpha value is -1.95. The molecule has 1 amide bonds. The Morgan fingerprint density at radius 2 is 2.04 bits per heavy atom. The van der Waals surface area contributed by atoms with Gasteiger partial charge < -0.3 is 4.74 Å². The number of carbonyl (C=O) groups excluding carboxylic acids is 1. The van der Waals surface area contributed by atoms with E-state index in [2.05, 4.69) is 22.4 Å². The number of rotatable bonds is 6. The molecule has 1 saturated carbocycles. The molecule has 0 saturated heterocycles. The van der Waals surface area contributed by atoms with E-state index in [1.165, 1.54) is 43.4 Å². The van der Waals surface area contributed by atoms with Crippen molar-refractivity contribution >= 4 is 22.4 Å². The molecule has 1 aromatic heterocycles. The van der Waals surface area contributed by atoms with Crippen LogP contribution in [0.3, 0.4) is 0 Å². The van der Waals surface area contributed by atoms with Crippen LogP contribution in [0.15, 0.2) is 24.3 Å². The highest BCUT2D eigenvalue weighted by Crippen LogP contribution is 2.35. The molecule has 1 heterocycles. The predicted octanol–water partition coefficient (Wildman–Crippen LogP) is 4.17. The molecule has 24 heavy (non-hydrogen) atoms. The fraction of sp³-hybridized carbons (Fsp3) is 0.500. The van der Waals surface area contributed by atoms with Crippen molar-refractivity contribution in [2.24, 2.45) is 0 Å². The number of para-hydroxylation sites is 1. The van der Waals surface area contributed by atoms with Crippen molar-refractivity contribution in [2.75, 3.05) is 11.9 Å². The van der Waals surface area contributed by atoms with Crippen molar-refractivity contribution < 1.29 is 9.53 Å². The largest absolute Gasteiger partial charge is 0.483 e. The maximum Gasteiger partial charge on any atom is 0.264 e. The number of carbonyl (C=O) groups is 1. The van der Waals surface area contributed by atoms with Crippen LogP contribution in [-0.4, -0.2) is 22.7 Å². The Morgan fingerprint density at radius 3 is 2.83 bits per heavy atom. The number of amides is 1. The first-order valence-corrected chi connectivity index (χ1v) is 9.42. The van der Waals surface area contributed by atoms with Crippen LogP contribution in [-0.2, 0) is 11.2 Å². The quantitative estimate of drug-likeness (QED) is 0.853. The second-order valence-electron chi connectivity index (χ2n) is 6.08. The lowest BCUT2D eigenvalue weighted by molar-refractivity contribution is -0.118. The van der Waals surface area contributed by atoms with Crippen molar-refractivity contribution in [3.8, 4) is 5.75 Å². The van der Waals surface area contributed by atoms with E-state index < -0.39 is 0 Å². The van der Waals surface area contributed by atoms with E-state index in [1.54, 1.807) is 0 Å². The zero-order valence-electron chi connectivity index (χ0n) is 14.0. The molecule has 0 spiro atoms. The van der Waals surface area contributed by atoms with Crippen LogP contribution in [0, 0.1) is 0 Å². The van der Waals surface area contributed by atoms with Crippen molar-refractivity contribution in [3.05, 3.63) is 34.8 Å². The first-order chi connectivity index (χ1) is 11.8. The van der Waals surface area contributed by atoms with Gasteiger partial charge in [0.1, 0.15) is 10.8 Å². The van der Waals surface area contributed by atoms with E-state index in [4.69, 9.17) is 4.74 Å². The molecule has 2 aromatic rings. The minimum atomic E-state index is -0.202. The number of anilines is 1. The highest BCUT2D eigenvalue weighted by Gasteiger charge is 2.20. The number of nitrogens with one attached hydrogen (secondary N) is 1. The average Bonchev–Trinajstić information content (AvgIpc) is 3.09. The predicted molar refractivity (Wildman–Crippen MR) is 95.7 cm³/mol. The SMILES string of the molecule is CCc1ccccc1OCC(=O)Nc1nnc(C2CCCCC2)s1. The molecule has 1 aliphatic carbocycles. The first-order valence-electron chi connectivity index (χ1n) is 8.60. The molecule has 0 aliphatic heterocycles. The minimum Gasteiger partial charge on any atom is -0.483 e. The van der Waals surface area contributed by atoms with Gasteiger partial charge in [-0.25, -0.2) is 0 Å². The van der Waals surface area contributed by atoms with Crippen LogP contribution in [0.25, 0.3) is 0 Å². The lowest BCUT2D eigenvalue weighted by Crippen LogP contribution is -2.20. The number of hydrogen-bond acceptors (Lipinski definition) is 5. The Bertz CT molecular complexity index is 680. The van der Waals surface area contributed by atoms with Gasteiger partial charge in [0.05, 0.1) is 0 Å². The average molecular weight is 345 g/mol. The summed E-state index contributed by atoms with van der Waals surface area (Å²) in [4.78, 5) is 12.1. The van der Waals surface area contributed by atoms with E-state index in [0.29, 0.717) is 11.0 Å². The van der Waals surface area contributed by atoms with E-state index >= 15 is 0 Å². The van der Waals surface area contributed by atoms with Crippen LogP contribution < -0.4 is 10.1 Å². The summed E-state index contributed by atoms with van der Waals surface area (Å²) in [6.07, 6.45) is 7.07. The fourth-order valence-electron chi connectivity index (χ4n) is 3.03. The summed E-state index contributed by atoms with van der Waals surface area (Å²) in [6, 6.07) is 7.78. The van der Waals surface area contributed by atoms with Crippen LogP contribution >= 0.6 is 11.3 Å². The van der Waals surface area contributed by atoms with Gasteiger partial charge in [-0.05, 0) is 30.9 Å². The Kier molecular flexibility index (Phi) is 5.80. The van der Waals surface area contributed by atoms with Crippen LogP contribution in [0.1, 0.15) is 55.5 Å². The van der Waals surface area contributed by atoms with Crippen LogP contribution in [0.4, 0.5) is 5.13 Å². The Balaban J connectivity index is 1.52. The molecular formula is C18H23N3O2S. The maximum atomic E-state index is 12.1. The van der Waals surface area contributed by atoms with Crippen molar-refractivity contribution in [2.45, 2.75) is 51.4 Å².